The second kappa shape index (κ2) is 5.72. The van der Waals surface area contributed by atoms with E-state index in [-0.39, 0.29) is 18.0 Å². The minimum atomic E-state index is -0.978. The molecule has 4 aliphatic heterocycles. The van der Waals surface area contributed by atoms with E-state index < -0.39 is 29.5 Å². The van der Waals surface area contributed by atoms with Crippen LogP contribution < -0.4 is 0 Å². The molecule has 4 rings (SSSR count). The normalized spacial score (nSPS) is 36.8. The maximum Gasteiger partial charge on any atom is 0.409 e. The van der Waals surface area contributed by atoms with E-state index in [1.807, 2.05) is 6.08 Å². The zero-order valence-electron chi connectivity index (χ0n) is 14.1. The minimum Gasteiger partial charge on any atom is -0.481 e. The monoisotopic (exact) mass is 350 g/mol. The van der Waals surface area contributed by atoms with Gasteiger partial charge >= 0.3 is 12.1 Å². The molecule has 0 aromatic carbocycles. The van der Waals surface area contributed by atoms with Crippen LogP contribution in [0.15, 0.2) is 12.2 Å². The Labute approximate surface area is 145 Å². The first kappa shape index (κ1) is 16.4. The summed E-state index contributed by atoms with van der Waals surface area (Å²) in [6.45, 7) is 3.58. The number of rotatable bonds is 3. The lowest BCUT2D eigenvalue weighted by atomic mass is 9.77. The zero-order chi connectivity index (χ0) is 17.8. The van der Waals surface area contributed by atoms with Crippen molar-refractivity contribution < 1.29 is 29.0 Å². The lowest BCUT2D eigenvalue weighted by Gasteiger charge is -2.37. The number of carboxylic acids is 1. The molecular weight excluding hydrogens is 328 g/mol. The highest BCUT2D eigenvalue weighted by atomic mass is 16.6. The summed E-state index contributed by atoms with van der Waals surface area (Å²) in [5, 5.41) is 9.50. The average molecular weight is 350 g/mol. The molecule has 2 amide bonds. The van der Waals surface area contributed by atoms with Crippen LogP contribution in [0.3, 0.4) is 0 Å². The Bertz CT molecular complexity index is 641. The van der Waals surface area contributed by atoms with Crippen LogP contribution in [-0.4, -0.2) is 76.9 Å². The molecule has 0 unspecified atom stereocenters. The summed E-state index contributed by atoms with van der Waals surface area (Å²) in [7, 11) is 0. The zero-order valence-corrected chi connectivity index (χ0v) is 14.1. The fourth-order valence-corrected chi connectivity index (χ4v) is 4.69. The number of likely N-dealkylation sites (tertiary alicyclic amines) is 2. The van der Waals surface area contributed by atoms with E-state index in [4.69, 9.17) is 9.47 Å². The van der Waals surface area contributed by atoms with Crippen molar-refractivity contribution >= 4 is 18.0 Å². The molecule has 136 valence electrons. The molecule has 0 aliphatic carbocycles. The van der Waals surface area contributed by atoms with Crippen LogP contribution in [0.4, 0.5) is 4.79 Å². The van der Waals surface area contributed by atoms with Crippen LogP contribution in [0.25, 0.3) is 0 Å². The highest BCUT2D eigenvalue weighted by molar-refractivity contribution is 5.91. The summed E-state index contributed by atoms with van der Waals surface area (Å²) in [6, 6.07) is 0.00338. The third kappa shape index (κ3) is 2.34. The van der Waals surface area contributed by atoms with Gasteiger partial charge in [0.25, 0.3) is 0 Å². The number of hydrogen-bond acceptors (Lipinski definition) is 5. The number of piperidine rings is 1. The van der Waals surface area contributed by atoms with Crippen molar-refractivity contribution in [2.45, 2.75) is 37.5 Å². The third-order valence-electron chi connectivity index (χ3n) is 5.85. The van der Waals surface area contributed by atoms with E-state index in [2.05, 4.69) is 0 Å². The van der Waals surface area contributed by atoms with Crippen molar-refractivity contribution in [2.75, 3.05) is 26.2 Å². The van der Waals surface area contributed by atoms with Gasteiger partial charge in [-0.3, -0.25) is 9.59 Å². The Morgan fingerprint density at radius 3 is 2.76 bits per heavy atom. The van der Waals surface area contributed by atoms with E-state index in [9.17, 15) is 19.5 Å². The van der Waals surface area contributed by atoms with Gasteiger partial charge in [-0.1, -0.05) is 12.2 Å². The molecule has 8 nitrogen and oxygen atoms in total. The Morgan fingerprint density at radius 1 is 1.40 bits per heavy atom. The molecule has 4 atom stereocenters. The van der Waals surface area contributed by atoms with Crippen molar-refractivity contribution in [3.63, 3.8) is 0 Å². The van der Waals surface area contributed by atoms with Crippen LogP contribution in [0.5, 0.6) is 0 Å². The number of carbonyl (C=O) groups is 3. The van der Waals surface area contributed by atoms with E-state index in [0.717, 1.165) is 0 Å². The number of fused-ring (bicyclic) bond motifs is 1. The van der Waals surface area contributed by atoms with Crippen LogP contribution in [0.1, 0.15) is 19.8 Å². The number of nitrogens with zero attached hydrogens (tertiary/aromatic N) is 2. The number of ether oxygens (including phenoxy) is 2. The number of carbonyl (C=O) groups excluding carboxylic acids is 2. The molecule has 4 heterocycles. The molecule has 4 aliphatic rings. The van der Waals surface area contributed by atoms with Crippen LogP contribution in [-0.2, 0) is 19.1 Å². The van der Waals surface area contributed by atoms with Gasteiger partial charge in [0.05, 0.1) is 25.2 Å². The number of hydrogen-bond donors (Lipinski definition) is 1. The molecule has 3 fully saturated rings. The molecule has 0 aromatic rings. The summed E-state index contributed by atoms with van der Waals surface area (Å²) in [5.41, 5.74) is -0.789. The van der Waals surface area contributed by atoms with Gasteiger partial charge < -0.3 is 24.4 Å². The Kier molecular flexibility index (Phi) is 3.75. The van der Waals surface area contributed by atoms with Gasteiger partial charge in [0.15, 0.2) is 0 Å². The molecule has 0 radical (unpaired) electrons. The molecular formula is C17H22N2O6. The first-order chi connectivity index (χ1) is 12.0. The Balaban J connectivity index is 1.46. The predicted octanol–water partition coefficient (Wildman–Crippen LogP) is 0.474. The molecule has 2 bridgehead atoms. The summed E-state index contributed by atoms with van der Waals surface area (Å²) in [5.74, 6) is -2.55. The fraction of sp³-hybridized carbons (Fsp3) is 0.706. The highest BCUT2D eigenvalue weighted by Crippen LogP contribution is 2.52. The molecule has 1 N–H and O–H groups in total. The second-order valence-electron chi connectivity index (χ2n) is 7.12. The highest BCUT2D eigenvalue weighted by Gasteiger charge is 2.67. The minimum absolute atomic E-state index is 0.00338. The standard InChI is InChI=1S/C17H22N2O6/c1-2-24-16(23)18-7-4-10(5-8-18)19-9-17-6-3-11(25-17)12(15(21)22)13(17)14(19)20/h3,6,10-13H,2,4-5,7-9H2,1H3,(H,21,22)/t11-,12-,13-,17-/m1/s1. The van der Waals surface area contributed by atoms with Crippen LogP contribution in [0, 0.1) is 11.8 Å². The molecule has 1 spiro atoms. The molecule has 0 saturated carbocycles. The topological polar surface area (TPSA) is 96.4 Å². The second-order valence-corrected chi connectivity index (χ2v) is 7.12. The SMILES string of the molecule is CCOC(=O)N1CCC(N2C[C@@]34C=C[C@@H](O3)[C@@H](C(=O)O)[C@@H]4C2=O)CC1. The average Bonchev–Trinajstić information content (AvgIpc) is 3.23. The van der Waals surface area contributed by atoms with Gasteiger partial charge in [0.2, 0.25) is 5.91 Å². The van der Waals surface area contributed by atoms with Crippen LogP contribution in [0.2, 0.25) is 0 Å². The lowest BCUT2D eigenvalue weighted by Crippen LogP contribution is -2.48. The summed E-state index contributed by atoms with van der Waals surface area (Å²) >= 11 is 0. The fourth-order valence-electron chi connectivity index (χ4n) is 4.69. The van der Waals surface area contributed by atoms with E-state index in [0.29, 0.717) is 39.1 Å². The van der Waals surface area contributed by atoms with E-state index in [1.165, 1.54) is 0 Å². The summed E-state index contributed by atoms with van der Waals surface area (Å²) in [6.07, 6.45) is 4.15. The predicted molar refractivity (Wildman–Crippen MR) is 84.7 cm³/mol. The molecule has 25 heavy (non-hydrogen) atoms. The number of aliphatic carboxylic acids is 1. The maximum absolute atomic E-state index is 12.9. The number of amides is 2. The van der Waals surface area contributed by atoms with Gasteiger partial charge in [-0.25, -0.2) is 4.79 Å². The smallest absolute Gasteiger partial charge is 0.409 e. The third-order valence-corrected chi connectivity index (χ3v) is 5.85. The Morgan fingerprint density at radius 2 is 2.12 bits per heavy atom. The van der Waals surface area contributed by atoms with Gasteiger partial charge in [0, 0.05) is 19.1 Å². The van der Waals surface area contributed by atoms with Crippen molar-refractivity contribution in [2.24, 2.45) is 11.8 Å². The number of carboxylic acid groups (broad SMARTS) is 1. The van der Waals surface area contributed by atoms with Gasteiger partial charge in [-0.05, 0) is 19.8 Å². The summed E-state index contributed by atoms with van der Waals surface area (Å²) < 4.78 is 10.9. The largest absolute Gasteiger partial charge is 0.481 e. The quantitative estimate of drug-likeness (QED) is 0.744. The van der Waals surface area contributed by atoms with Crippen molar-refractivity contribution in [1.82, 2.24) is 9.80 Å². The van der Waals surface area contributed by atoms with Crippen molar-refractivity contribution in [3.8, 4) is 0 Å². The lowest BCUT2D eigenvalue weighted by molar-refractivity contribution is -0.148. The summed E-state index contributed by atoms with van der Waals surface area (Å²) in [4.78, 5) is 39.8. The first-order valence-electron chi connectivity index (χ1n) is 8.79. The van der Waals surface area contributed by atoms with Gasteiger partial charge in [0.1, 0.15) is 11.5 Å². The van der Waals surface area contributed by atoms with Gasteiger partial charge in [-0.15, -0.1) is 0 Å². The molecule has 0 aromatic heterocycles. The van der Waals surface area contributed by atoms with Crippen molar-refractivity contribution in [3.05, 3.63) is 12.2 Å². The van der Waals surface area contributed by atoms with Crippen molar-refractivity contribution in [1.29, 1.82) is 0 Å². The molecule has 3 saturated heterocycles. The molecule has 8 heteroatoms. The van der Waals surface area contributed by atoms with E-state index in [1.54, 1.807) is 22.8 Å². The maximum atomic E-state index is 12.9. The van der Waals surface area contributed by atoms with E-state index >= 15 is 0 Å². The van der Waals surface area contributed by atoms with Gasteiger partial charge in [-0.2, -0.15) is 0 Å². The van der Waals surface area contributed by atoms with Crippen LogP contribution >= 0.6 is 0 Å². The Hall–Kier alpha value is -2.09. The first-order valence-corrected chi connectivity index (χ1v) is 8.79.